The van der Waals surface area contributed by atoms with Gasteiger partial charge in [0, 0.05) is 24.2 Å². The number of pyridine rings is 1. The molecule has 0 fully saturated rings. The van der Waals surface area contributed by atoms with Gasteiger partial charge >= 0.3 is 0 Å². The Bertz CT molecular complexity index is 1140. The van der Waals surface area contributed by atoms with Crippen LogP contribution in [-0.2, 0) is 0 Å². The van der Waals surface area contributed by atoms with Crippen LogP contribution in [0.3, 0.4) is 0 Å². The van der Waals surface area contributed by atoms with Gasteiger partial charge in [-0.2, -0.15) is 10.2 Å². The average molecular weight is 378 g/mol. The number of anilines is 1. The number of rotatable bonds is 3. The maximum Gasteiger partial charge on any atom is 0.222 e. The van der Waals surface area contributed by atoms with E-state index in [0.29, 0.717) is 17.6 Å². The Labute approximate surface area is 161 Å². The molecule has 3 N–H and O–H groups in total. The number of fused-ring (bicyclic) bond motifs is 1. The summed E-state index contributed by atoms with van der Waals surface area (Å²) in [4.78, 5) is 12.0. The second kappa shape index (κ2) is 7.26. The monoisotopic (exact) mass is 378 g/mol. The fourth-order valence-corrected chi connectivity index (χ4v) is 2.79. The fraction of sp³-hybridized carbons (Fsp3) is 0.300. The van der Waals surface area contributed by atoms with Gasteiger partial charge in [-0.1, -0.05) is 12.8 Å². The molecule has 0 bridgehead atoms. The van der Waals surface area contributed by atoms with Gasteiger partial charge in [-0.3, -0.25) is 4.57 Å². The highest BCUT2D eigenvalue weighted by molar-refractivity contribution is 5.86. The first-order valence-corrected chi connectivity index (χ1v) is 8.61. The van der Waals surface area contributed by atoms with E-state index >= 15 is 0 Å². The van der Waals surface area contributed by atoms with Crippen molar-refractivity contribution in [2.24, 2.45) is 0 Å². The molecule has 3 aromatic rings. The first-order valence-electron chi connectivity index (χ1n) is 8.61. The maximum atomic E-state index is 14.4. The SMILES string of the molecule is CC(CC#N)c1cn(-c2nc(N)ncc2F)c2cc(C#CC(C)(C)O)ncc12. The molecule has 142 valence electrons. The molecule has 3 heterocycles. The number of nitrogens with zero attached hydrogens (tertiary/aromatic N) is 5. The lowest BCUT2D eigenvalue weighted by Crippen LogP contribution is -2.14. The van der Waals surface area contributed by atoms with Crippen LogP contribution in [0.1, 0.15) is 44.4 Å². The van der Waals surface area contributed by atoms with E-state index in [9.17, 15) is 9.50 Å². The van der Waals surface area contributed by atoms with E-state index in [4.69, 9.17) is 11.0 Å². The first-order chi connectivity index (χ1) is 13.2. The summed E-state index contributed by atoms with van der Waals surface area (Å²) in [6, 6.07) is 3.84. The molecule has 1 atom stereocenters. The van der Waals surface area contributed by atoms with E-state index in [1.165, 1.54) is 0 Å². The van der Waals surface area contributed by atoms with Gasteiger partial charge in [0.1, 0.15) is 11.3 Å². The van der Waals surface area contributed by atoms with Gasteiger partial charge in [-0.25, -0.2) is 14.4 Å². The highest BCUT2D eigenvalue weighted by Crippen LogP contribution is 2.31. The van der Waals surface area contributed by atoms with Crippen molar-refractivity contribution >= 4 is 16.9 Å². The van der Waals surface area contributed by atoms with Crippen molar-refractivity contribution in [2.45, 2.75) is 38.7 Å². The molecule has 0 saturated carbocycles. The molecule has 0 aliphatic rings. The minimum Gasteiger partial charge on any atom is -0.378 e. The van der Waals surface area contributed by atoms with Crippen molar-refractivity contribution in [3.63, 3.8) is 0 Å². The Morgan fingerprint density at radius 2 is 2.11 bits per heavy atom. The van der Waals surface area contributed by atoms with Crippen molar-refractivity contribution in [2.75, 3.05) is 5.73 Å². The van der Waals surface area contributed by atoms with Gasteiger partial charge in [-0.05, 0) is 37.3 Å². The molecule has 0 aromatic carbocycles. The number of nitriles is 1. The summed E-state index contributed by atoms with van der Waals surface area (Å²) in [5.41, 5.74) is 6.34. The third-order valence-corrected chi connectivity index (χ3v) is 4.12. The molecule has 7 nitrogen and oxygen atoms in total. The molecule has 1 unspecified atom stereocenters. The molecular formula is C20H19FN6O. The van der Waals surface area contributed by atoms with Gasteiger partial charge in [0.2, 0.25) is 5.95 Å². The number of hydrogen-bond donors (Lipinski definition) is 2. The van der Waals surface area contributed by atoms with Crippen LogP contribution in [-0.4, -0.2) is 30.2 Å². The quantitative estimate of drug-likeness (QED) is 0.678. The van der Waals surface area contributed by atoms with E-state index in [2.05, 4.69) is 32.9 Å². The van der Waals surface area contributed by atoms with Gasteiger partial charge in [0.25, 0.3) is 0 Å². The van der Waals surface area contributed by atoms with Crippen LogP contribution in [0.4, 0.5) is 10.3 Å². The molecular weight excluding hydrogens is 359 g/mol. The summed E-state index contributed by atoms with van der Waals surface area (Å²) in [5.74, 6) is 4.74. The van der Waals surface area contributed by atoms with Crippen molar-refractivity contribution in [3.8, 4) is 23.7 Å². The minimum atomic E-state index is -1.17. The predicted molar refractivity (Wildman–Crippen MR) is 103 cm³/mol. The Hall–Kier alpha value is -3.49. The number of aliphatic hydroxyl groups is 1. The van der Waals surface area contributed by atoms with Crippen LogP contribution in [0.5, 0.6) is 0 Å². The van der Waals surface area contributed by atoms with E-state index in [1.54, 1.807) is 36.9 Å². The van der Waals surface area contributed by atoms with Gasteiger partial charge < -0.3 is 10.8 Å². The standard InChI is InChI=1S/C20H19FN6O/c1-12(5-7-22)15-11-27(18-16(21)10-25-19(23)26-18)17-8-13(24-9-14(15)17)4-6-20(2,3)28/h8-12,28H,5H2,1-3H3,(H2,23,25,26). The summed E-state index contributed by atoms with van der Waals surface area (Å²) < 4.78 is 16.0. The van der Waals surface area contributed by atoms with E-state index in [0.717, 1.165) is 17.1 Å². The van der Waals surface area contributed by atoms with Crippen molar-refractivity contribution in [1.29, 1.82) is 5.26 Å². The fourth-order valence-electron chi connectivity index (χ4n) is 2.79. The summed E-state index contributed by atoms with van der Waals surface area (Å²) in [5, 5.41) is 19.6. The molecule has 3 aromatic heterocycles. The lowest BCUT2D eigenvalue weighted by Gasteiger charge is -2.07. The average Bonchev–Trinajstić information content (AvgIpc) is 3.00. The van der Waals surface area contributed by atoms with Crippen molar-refractivity contribution in [1.82, 2.24) is 19.5 Å². The highest BCUT2D eigenvalue weighted by Gasteiger charge is 2.19. The smallest absolute Gasteiger partial charge is 0.222 e. The molecule has 0 amide bonds. The molecule has 0 radical (unpaired) electrons. The minimum absolute atomic E-state index is 0.000467. The zero-order valence-corrected chi connectivity index (χ0v) is 15.7. The Morgan fingerprint density at radius 3 is 2.79 bits per heavy atom. The topological polar surface area (TPSA) is 114 Å². The lowest BCUT2D eigenvalue weighted by molar-refractivity contribution is 0.143. The summed E-state index contributed by atoms with van der Waals surface area (Å²) in [7, 11) is 0. The van der Waals surface area contributed by atoms with E-state index < -0.39 is 11.4 Å². The van der Waals surface area contributed by atoms with Gasteiger partial charge in [0.15, 0.2) is 11.6 Å². The second-order valence-corrected chi connectivity index (χ2v) is 7.01. The number of hydrogen-bond acceptors (Lipinski definition) is 6. The molecule has 0 aliphatic heterocycles. The molecule has 0 aliphatic carbocycles. The van der Waals surface area contributed by atoms with Crippen LogP contribution < -0.4 is 5.73 Å². The number of aromatic nitrogens is 4. The molecule has 0 saturated heterocycles. The Morgan fingerprint density at radius 1 is 1.36 bits per heavy atom. The summed E-state index contributed by atoms with van der Waals surface area (Å²) in [6.45, 7) is 5.05. The number of halogens is 1. The zero-order chi connectivity index (χ0) is 20.5. The zero-order valence-electron chi connectivity index (χ0n) is 15.7. The van der Waals surface area contributed by atoms with Crippen molar-refractivity contribution < 1.29 is 9.50 Å². The third-order valence-electron chi connectivity index (χ3n) is 4.12. The molecule has 3 rings (SSSR count). The summed E-state index contributed by atoms with van der Waals surface area (Å²) >= 11 is 0. The lowest BCUT2D eigenvalue weighted by atomic mass is 9.99. The van der Waals surface area contributed by atoms with Crippen LogP contribution in [0, 0.1) is 29.0 Å². The highest BCUT2D eigenvalue weighted by atomic mass is 19.1. The van der Waals surface area contributed by atoms with Crippen LogP contribution >= 0.6 is 0 Å². The largest absolute Gasteiger partial charge is 0.378 e. The molecule has 28 heavy (non-hydrogen) atoms. The van der Waals surface area contributed by atoms with Crippen LogP contribution in [0.15, 0.2) is 24.7 Å². The maximum absolute atomic E-state index is 14.4. The summed E-state index contributed by atoms with van der Waals surface area (Å²) in [6.07, 6.45) is 4.67. The van der Waals surface area contributed by atoms with Crippen molar-refractivity contribution in [3.05, 3.63) is 41.7 Å². The number of nitrogens with two attached hydrogens (primary N) is 1. The van der Waals surface area contributed by atoms with E-state index in [-0.39, 0.29) is 17.7 Å². The second-order valence-electron chi connectivity index (χ2n) is 7.01. The molecule has 0 spiro atoms. The number of nitrogen functional groups attached to an aromatic ring is 1. The third kappa shape index (κ3) is 3.93. The first kappa shape index (κ1) is 19.3. The van der Waals surface area contributed by atoms with Crippen LogP contribution in [0.2, 0.25) is 0 Å². The van der Waals surface area contributed by atoms with Gasteiger partial charge in [0.05, 0.1) is 17.8 Å². The normalized spacial score (nSPS) is 12.3. The Balaban J connectivity index is 2.27. The molecule has 8 heteroatoms. The van der Waals surface area contributed by atoms with Crippen LogP contribution in [0.25, 0.3) is 16.7 Å². The van der Waals surface area contributed by atoms with E-state index in [1.807, 2.05) is 6.92 Å². The Kier molecular flexibility index (Phi) is 5.00. The van der Waals surface area contributed by atoms with Gasteiger partial charge in [-0.15, -0.1) is 0 Å². The predicted octanol–water partition coefficient (Wildman–Crippen LogP) is 2.68.